The minimum Gasteiger partial charge on any atom is -0.462 e. The van der Waals surface area contributed by atoms with E-state index in [1.54, 1.807) is 0 Å². The molecule has 0 aliphatic carbocycles. The predicted octanol–water partition coefficient (Wildman–Crippen LogP) is 20.8. The molecular weight excluding hydrogens is 1260 g/mol. The van der Waals surface area contributed by atoms with Crippen molar-refractivity contribution in [3.8, 4) is 0 Å². The summed E-state index contributed by atoms with van der Waals surface area (Å²) in [5.74, 6) is -2.26. The summed E-state index contributed by atoms with van der Waals surface area (Å²) in [4.78, 5) is 72.7. The van der Waals surface area contributed by atoms with E-state index in [0.29, 0.717) is 25.7 Å². The number of hydrogen-bond donors (Lipinski definition) is 3. The van der Waals surface area contributed by atoms with Gasteiger partial charge in [0.05, 0.1) is 26.4 Å². The standard InChI is InChI=1S/C77H130O17P2/c1-5-9-13-17-21-25-29-32-35-38-42-45-49-53-57-61-74(79)87-67-72(93-76(81)63-59-55-51-47-41-28-24-20-16-12-8-4)69-91-95(83,84)89-65-71(78)66-90-96(85,86)92-70-73(94-77(82)64-60-56-52-48-44-40-37-34-31-27-23-19-15-11-7-3)68-88-75(80)62-58-54-50-46-43-39-36-33-30-26-22-18-14-10-6-2/h9-11,13-15,21-23,25-27,32-37,42,45,71-73,78H,5-8,12,16-20,24,28-31,38-41,43-44,46-70H2,1-4H3,(H,83,84)(H,85,86)/b13-9-,14-10-,15-11-,25-21-,26-22-,27-23-,35-32-,36-33-,37-34-,45-42-. The molecule has 17 nitrogen and oxygen atoms in total. The Hall–Kier alpha value is -4.54. The lowest BCUT2D eigenvalue weighted by Crippen LogP contribution is -2.30. The van der Waals surface area contributed by atoms with Crippen LogP contribution in [0, 0.1) is 0 Å². The Morgan fingerprint density at radius 1 is 0.302 bits per heavy atom. The van der Waals surface area contributed by atoms with Crippen LogP contribution in [0.15, 0.2) is 122 Å². The van der Waals surface area contributed by atoms with E-state index in [1.807, 2.05) is 0 Å². The van der Waals surface area contributed by atoms with Crippen molar-refractivity contribution in [3.05, 3.63) is 122 Å². The second kappa shape index (κ2) is 69.0. The maximum absolute atomic E-state index is 13.1. The van der Waals surface area contributed by atoms with Crippen LogP contribution in [0.25, 0.3) is 0 Å². The van der Waals surface area contributed by atoms with Gasteiger partial charge in [-0.25, -0.2) is 9.13 Å². The SMILES string of the molecule is CC/C=C\C/C=C\C/C=C\C/C=C\CCCCC(=O)OCC(COP(=O)(O)OCC(O)COP(=O)(O)OCC(COC(=O)CCCCCCC/C=C\C/C=C\C/C=C\CC)OC(=O)CCCCCCC/C=C\C/C=C\C/C=C\CC)OC(=O)CCCCCCCCCCCCC. The Bertz CT molecular complexity index is 2300. The predicted molar refractivity (Wildman–Crippen MR) is 390 cm³/mol. The molecule has 0 saturated carbocycles. The van der Waals surface area contributed by atoms with Crippen LogP contribution in [0.5, 0.6) is 0 Å². The lowest BCUT2D eigenvalue weighted by atomic mass is 10.1. The normalized spacial score (nSPS) is 14.7. The molecule has 19 heteroatoms. The molecule has 0 amide bonds. The van der Waals surface area contributed by atoms with Crippen LogP contribution in [0.2, 0.25) is 0 Å². The number of carbonyl (C=O) groups is 4. The van der Waals surface area contributed by atoms with Gasteiger partial charge >= 0.3 is 39.5 Å². The molecule has 0 aromatic heterocycles. The van der Waals surface area contributed by atoms with Crippen LogP contribution in [0.3, 0.4) is 0 Å². The molecule has 0 fully saturated rings. The van der Waals surface area contributed by atoms with Crippen LogP contribution in [-0.4, -0.2) is 96.7 Å². The molecule has 0 saturated heterocycles. The van der Waals surface area contributed by atoms with Crippen LogP contribution in [0.1, 0.15) is 285 Å². The van der Waals surface area contributed by atoms with Crippen molar-refractivity contribution in [2.75, 3.05) is 39.6 Å². The van der Waals surface area contributed by atoms with E-state index in [2.05, 4.69) is 149 Å². The largest absolute Gasteiger partial charge is 0.472 e. The second-order valence-electron chi connectivity index (χ2n) is 24.1. The molecule has 5 unspecified atom stereocenters. The van der Waals surface area contributed by atoms with Gasteiger partial charge in [0.25, 0.3) is 0 Å². The van der Waals surface area contributed by atoms with E-state index in [1.165, 1.54) is 38.5 Å². The number of unbranched alkanes of at least 4 members (excludes halogenated alkanes) is 22. The first-order chi connectivity index (χ1) is 46.7. The lowest BCUT2D eigenvalue weighted by Gasteiger charge is -2.21. The molecule has 0 aromatic carbocycles. The quantitative estimate of drug-likeness (QED) is 0.0169. The molecule has 3 N–H and O–H groups in total. The number of aliphatic hydroxyl groups excluding tert-OH is 1. The average molecular weight is 1390 g/mol. The van der Waals surface area contributed by atoms with Gasteiger partial charge in [0.1, 0.15) is 19.3 Å². The molecule has 0 radical (unpaired) electrons. The second-order valence-corrected chi connectivity index (χ2v) is 27.0. The van der Waals surface area contributed by atoms with Gasteiger partial charge in [0.2, 0.25) is 0 Å². The first-order valence-corrected chi connectivity index (χ1v) is 39.8. The van der Waals surface area contributed by atoms with E-state index in [0.717, 1.165) is 167 Å². The Kier molecular flexibility index (Phi) is 65.7. The number of rotatable bonds is 68. The van der Waals surface area contributed by atoms with Crippen LogP contribution in [0.4, 0.5) is 0 Å². The maximum atomic E-state index is 13.1. The fraction of sp³-hybridized carbons (Fsp3) is 0.688. The zero-order valence-corrected chi connectivity index (χ0v) is 61.5. The highest BCUT2D eigenvalue weighted by Gasteiger charge is 2.30. The van der Waals surface area contributed by atoms with Gasteiger partial charge in [-0.05, 0) is 128 Å². The number of hydrogen-bond acceptors (Lipinski definition) is 15. The highest BCUT2D eigenvalue weighted by molar-refractivity contribution is 7.47. The van der Waals surface area contributed by atoms with Gasteiger partial charge in [-0.15, -0.1) is 0 Å². The van der Waals surface area contributed by atoms with Crippen molar-refractivity contribution in [2.45, 2.75) is 303 Å². The van der Waals surface area contributed by atoms with E-state index >= 15 is 0 Å². The molecule has 0 aliphatic rings. The third-order valence-corrected chi connectivity index (χ3v) is 16.8. The third-order valence-electron chi connectivity index (χ3n) is 14.9. The van der Waals surface area contributed by atoms with Crippen molar-refractivity contribution in [3.63, 3.8) is 0 Å². The van der Waals surface area contributed by atoms with E-state index in [-0.39, 0.29) is 25.7 Å². The zero-order chi connectivity index (χ0) is 70.4. The van der Waals surface area contributed by atoms with Crippen LogP contribution >= 0.6 is 15.6 Å². The fourth-order valence-electron chi connectivity index (χ4n) is 9.42. The molecule has 0 aliphatic heterocycles. The summed E-state index contributed by atoms with van der Waals surface area (Å²) < 4.78 is 68.3. The average Bonchev–Trinajstić information content (AvgIpc) is 1.11. The van der Waals surface area contributed by atoms with Crippen molar-refractivity contribution < 1.29 is 80.2 Å². The summed E-state index contributed by atoms with van der Waals surface area (Å²) in [6.07, 6.45) is 73.5. The van der Waals surface area contributed by atoms with Crippen LogP contribution in [-0.2, 0) is 65.4 Å². The summed E-state index contributed by atoms with van der Waals surface area (Å²) in [5.41, 5.74) is 0. The minimum absolute atomic E-state index is 0.0686. The molecule has 0 rings (SSSR count). The molecule has 0 bridgehead atoms. The number of allylic oxidation sites excluding steroid dienone is 20. The van der Waals surface area contributed by atoms with Crippen molar-refractivity contribution in [1.29, 1.82) is 0 Å². The molecular formula is C77H130O17P2. The highest BCUT2D eigenvalue weighted by atomic mass is 31.2. The zero-order valence-electron chi connectivity index (χ0n) is 59.8. The van der Waals surface area contributed by atoms with Gasteiger partial charge < -0.3 is 33.8 Å². The number of phosphoric ester groups is 2. The Morgan fingerprint density at radius 2 is 0.542 bits per heavy atom. The van der Waals surface area contributed by atoms with Gasteiger partial charge in [0.15, 0.2) is 12.2 Å². The number of esters is 4. The fourth-order valence-corrected chi connectivity index (χ4v) is 11.0. The topological polar surface area (TPSA) is 237 Å². The number of ether oxygens (including phenoxy) is 4. The number of phosphoric acid groups is 2. The van der Waals surface area contributed by atoms with E-state index in [9.17, 15) is 43.2 Å². The molecule has 0 heterocycles. The first kappa shape index (κ1) is 91.5. The Morgan fingerprint density at radius 3 is 0.854 bits per heavy atom. The molecule has 550 valence electrons. The monoisotopic (exact) mass is 1390 g/mol. The molecule has 0 aromatic rings. The maximum Gasteiger partial charge on any atom is 0.472 e. The Balaban J connectivity index is 5.39. The molecule has 5 atom stereocenters. The summed E-state index contributed by atoms with van der Waals surface area (Å²) in [5, 5.41) is 10.6. The molecule has 96 heavy (non-hydrogen) atoms. The van der Waals surface area contributed by atoms with Gasteiger partial charge in [-0.1, -0.05) is 252 Å². The smallest absolute Gasteiger partial charge is 0.462 e. The van der Waals surface area contributed by atoms with Crippen molar-refractivity contribution in [2.24, 2.45) is 0 Å². The van der Waals surface area contributed by atoms with Gasteiger partial charge in [-0.3, -0.25) is 37.3 Å². The van der Waals surface area contributed by atoms with Crippen LogP contribution < -0.4 is 0 Å². The number of carbonyl (C=O) groups excluding carboxylic acids is 4. The van der Waals surface area contributed by atoms with Gasteiger partial charge in [-0.2, -0.15) is 0 Å². The third kappa shape index (κ3) is 68.0. The van der Waals surface area contributed by atoms with E-state index in [4.69, 9.17) is 37.0 Å². The highest BCUT2D eigenvalue weighted by Crippen LogP contribution is 2.45. The lowest BCUT2D eigenvalue weighted by molar-refractivity contribution is -0.161. The summed E-state index contributed by atoms with van der Waals surface area (Å²) in [6, 6.07) is 0. The Labute approximate surface area is 581 Å². The first-order valence-electron chi connectivity index (χ1n) is 36.8. The summed E-state index contributed by atoms with van der Waals surface area (Å²) >= 11 is 0. The van der Waals surface area contributed by atoms with Crippen molar-refractivity contribution in [1.82, 2.24) is 0 Å². The summed E-state index contributed by atoms with van der Waals surface area (Å²) in [7, 11) is -9.96. The summed E-state index contributed by atoms with van der Waals surface area (Å²) in [6.45, 7) is 4.43. The van der Waals surface area contributed by atoms with Gasteiger partial charge in [0, 0.05) is 25.7 Å². The minimum atomic E-state index is -4.98. The number of aliphatic hydroxyl groups is 1. The van der Waals surface area contributed by atoms with E-state index < -0.39 is 97.5 Å². The molecule has 0 spiro atoms. The van der Waals surface area contributed by atoms with Crippen molar-refractivity contribution >= 4 is 39.5 Å².